The van der Waals surface area contributed by atoms with Crippen molar-refractivity contribution in [1.82, 2.24) is 14.8 Å². The van der Waals surface area contributed by atoms with Crippen molar-refractivity contribution in [3.63, 3.8) is 0 Å². The van der Waals surface area contributed by atoms with E-state index in [1.54, 1.807) is 24.3 Å². The van der Waals surface area contributed by atoms with Crippen LogP contribution in [0.25, 0.3) is 0 Å². The highest BCUT2D eigenvalue weighted by atomic mass is 32.2. The lowest BCUT2D eigenvalue weighted by molar-refractivity contribution is -0.113. The number of para-hydroxylation sites is 1. The molecule has 0 unspecified atom stereocenters. The minimum atomic E-state index is -3.52. The third kappa shape index (κ3) is 5.89. The van der Waals surface area contributed by atoms with Gasteiger partial charge < -0.3 is 9.88 Å². The number of carbonyl (C=O) groups is 1. The van der Waals surface area contributed by atoms with Gasteiger partial charge in [0.05, 0.1) is 24.2 Å². The number of aryl methyl sites for hydroxylation is 2. The van der Waals surface area contributed by atoms with Gasteiger partial charge in [0.15, 0.2) is 11.0 Å². The van der Waals surface area contributed by atoms with Crippen LogP contribution in [0.5, 0.6) is 0 Å². The van der Waals surface area contributed by atoms with Gasteiger partial charge in [-0.25, -0.2) is 8.42 Å². The van der Waals surface area contributed by atoms with Crippen molar-refractivity contribution in [1.29, 1.82) is 0 Å². The Hall–Kier alpha value is -2.85. The number of hydrogen-bond acceptors (Lipinski definition) is 6. The number of nitrogens with zero attached hydrogens (tertiary/aromatic N) is 4. The lowest BCUT2D eigenvalue weighted by Crippen LogP contribution is -2.30. The van der Waals surface area contributed by atoms with Crippen molar-refractivity contribution in [2.45, 2.75) is 39.0 Å². The first-order valence-corrected chi connectivity index (χ1v) is 13.0. The Morgan fingerprint density at radius 3 is 2.50 bits per heavy atom. The molecule has 0 saturated carbocycles. The Morgan fingerprint density at radius 2 is 1.84 bits per heavy atom. The second-order valence-electron chi connectivity index (χ2n) is 7.40. The normalized spacial score (nSPS) is 11.4. The minimum Gasteiger partial charge on any atom is -0.325 e. The molecule has 3 rings (SSSR count). The Labute approximate surface area is 193 Å². The number of anilines is 2. The molecule has 1 aromatic heterocycles. The van der Waals surface area contributed by atoms with Gasteiger partial charge in [-0.05, 0) is 50.1 Å². The van der Waals surface area contributed by atoms with Crippen LogP contribution in [0.3, 0.4) is 0 Å². The van der Waals surface area contributed by atoms with Gasteiger partial charge in [-0.1, -0.05) is 42.1 Å². The molecule has 0 aliphatic carbocycles. The van der Waals surface area contributed by atoms with E-state index in [-0.39, 0.29) is 18.2 Å². The van der Waals surface area contributed by atoms with Crippen molar-refractivity contribution < 1.29 is 13.2 Å². The predicted molar refractivity (Wildman–Crippen MR) is 128 cm³/mol. The number of amides is 1. The molecule has 1 N–H and O–H groups in total. The van der Waals surface area contributed by atoms with Crippen molar-refractivity contribution in [3.8, 4) is 0 Å². The predicted octanol–water partition coefficient (Wildman–Crippen LogP) is 3.61. The first-order chi connectivity index (χ1) is 15.2. The van der Waals surface area contributed by atoms with Crippen LogP contribution in [-0.4, -0.2) is 41.1 Å². The zero-order chi connectivity index (χ0) is 23.3. The molecule has 0 bridgehead atoms. The van der Waals surface area contributed by atoms with Crippen LogP contribution in [0.4, 0.5) is 11.4 Å². The number of nitrogens with one attached hydrogen (secondary N) is 1. The van der Waals surface area contributed by atoms with E-state index in [1.165, 1.54) is 22.3 Å². The lowest BCUT2D eigenvalue weighted by atomic mass is 10.1. The van der Waals surface area contributed by atoms with Crippen LogP contribution in [0.1, 0.15) is 23.9 Å². The molecule has 3 aromatic rings. The summed E-state index contributed by atoms with van der Waals surface area (Å²) in [6.45, 7) is 6.46. The Morgan fingerprint density at radius 1 is 1.12 bits per heavy atom. The number of thioether (sulfide) groups is 1. The molecule has 0 aliphatic rings. The highest BCUT2D eigenvalue weighted by molar-refractivity contribution is 7.99. The average Bonchev–Trinajstić information content (AvgIpc) is 3.14. The third-order valence-electron chi connectivity index (χ3n) is 4.84. The van der Waals surface area contributed by atoms with E-state index in [9.17, 15) is 13.2 Å². The summed E-state index contributed by atoms with van der Waals surface area (Å²) in [5.41, 5.74) is 3.42. The van der Waals surface area contributed by atoms with Crippen LogP contribution in [0.2, 0.25) is 0 Å². The number of hydrogen-bond donors (Lipinski definition) is 1. The molecule has 0 atom stereocenters. The number of benzene rings is 2. The van der Waals surface area contributed by atoms with Gasteiger partial charge in [0.2, 0.25) is 15.9 Å². The van der Waals surface area contributed by atoms with Gasteiger partial charge in [-0.2, -0.15) is 0 Å². The van der Waals surface area contributed by atoms with E-state index in [1.807, 2.05) is 49.6 Å². The highest BCUT2D eigenvalue weighted by Crippen LogP contribution is 2.23. The molecule has 1 heterocycles. The minimum absolute atomic E-state index is 0.0545. The first-order valence-electron chi connectivity index (χ1n) is 10.1. The fourth-order valence-electron chi connectivity index (χ4n) is 3.17. The Balaban J connectivity index is 1.73. The zero-order valence-electron chi connectivity index (χ0n) is 18.6. The molecule has 8 nitrogen and oxygen atoms in total. The smallest absolute Gasteiger partial charge is 0.234 e. The SMILES string of the molecule is CCn1c(CN(c2ccccc2)S(C)(=O)=O)nnc1SCC(=O)Nc1cc(C)ccc1C. The van der Waals surface area contributed by atoms with Crippen LogP contribution >= 0.6 is 11.8 Å². The third-order valence-corrected chi connectivity index (χ3v) is 6.95. The molecule has 0 spiro atoms. The Bertz CT molecular complexity index is 1190. The maximum atomic E-state index is 12.5. The first kappa shape index (κ1) is 23.8. The molecular weight excluding hydrogens is 446 g/mol. The number of sulfonamides is 1. The molecule has 0 radical (unpaired) electrons. The topological polar surface area (TPSA) is 97.2 Å². The highest BCUT2D eigenvalue weighted by Gasteiger charge is 2.22. The summed E-state index contributed by atoms with van der Waals surface area (Å²) in [6.07, 6.45) is 1.17. The monoisotopic (exact) mass is 473 g/mol. The van der Waals surface area contributed by atoms with E-state index >= 15 is 0 Å². The van der Waals surface area contributed by atoms with Gasteiger partial charge in [0.1, 0.15) is 0 Å². The molecule has 10 heteroatoms. The fraction of sp³-hybridized carbons (Fsp3) is 0.318. The van der Waals surface area contributed by atoms with Crippen LogP contribution in [0.15, 0.2) is 53.7 Å². The average molecular weight is 474 g/mol. The molecule has 2 aromatic carbocycles. The summed E-state index contributed by atoms with van der Waals surface area (Å²) in [5.74, 6) is 0.539. The van der Waals surface area contributed by atoms with E-state index < -0.39 is 10.0 Å². The summed E-state index contributed by atoms with van der Waals surface area (Å²) >= 11 is 1.27. The standard InChI is InChI=1S/C22H27N5O3S2/c1-5-26-20(14-27(32(4,29)30)18-9-7-6-8-10-18)24-25-22(26)31-15-21(28)23-19-13-16(2)11-12-17(19)3/h6-13H,5,14-15H2,1-4H3,(H,23,28). The van der Waals surface area contributed by atoms with E-state index in [0.29, 0.717) is 23.2 Å². The van der Waals surface area contributed by atoms with Crippen LogP contribution < -0.4 is 9.62 Å². The van der Waals surface area contributed by atoms with Crippen LogP contribution in [-0.2, 0) is 27.9 Å². The summed E-state index contributed by atoms with van der Waals surface area (Å²) in [6, 6.07) is 14.8. The van der Waals surface area contributed by atoms with Gasteiger partial charge >= 0.3 is 0 Å². The maximum absolute atomic E-state index is 12.5. The Kier molecular flexibility index (Phi) is 7.57. The number of carbonyl (C=O) groups excluding carboxylic acids is 1. The van der Waals surface area contributed by atoms with Crippen molar-refractivity contribution in [2.24, 2.45) is 0 Å². The van der Waals surface area contributed by atoms with Gasteiger partial charge in [-0.3, -0.25) is 9.10 Å². The molecule has 0 fully saturated rings. The number of aromatic nitrogens is 3. The van der Waals surface area contributed by atoms with Crippen molar-refractivity contribution in [2.75, 3.05) is 21.6 Å². The van der Waals surface area contributed by atoms with Gasteiger partial charge in [0, 0.05) is 12.2 Å². The summed E-state index contributed by atoms with van der Waals surface area (Å²) in [7, 11) is -3.52. The lowest BCUT2D eigenvalue weighted by Gasteiger charge is -2.22. The van der Waals surface area contributed by atoms with E-state index in [4.69, 9.17) is 0 Å². The van der Waals surface area contributed by atoms with Crippen molar-refractivity contribution in [3.05, 3.63) is 65.5 Å². The van der Waals surface area contributed by atoms with Crippen LogP contribution in [0, 0.1) is 13.8 Å². The van der Waals surface area contributed by atoms with E-state index in [0.717, 1.165) is 16.8 Å². The second kappa shape index (κ2) is 10.2. The number of rotatable bonds is 9. The van der Waals surface area contributed by atoms with Gasteiger partial charge in [0.25, 0.3) is 0 Å². The molecule has 0 saturated heterocycles. The summed E-state index contributed by atoms with van der Waals surface area (Å²) in [4.78, 5) is 12.5. The molecular formula is C22H27N5O3S2. The van der Waals surface area contributed by atoms with Gasteiger partial charge in [-0.15, -0.1) is 10.2 Å². The quantitative estimate of drug-likeness (QED) is 0.477. The molecule has 32 heavy (non-hydrogen) atoms. The fourth-order valence-corrected chi connectivity index (χ4v) is 4.85. The van der Waals surface area contributed by atoms with E-state index in [2.05, 4.69) is 15.5 Å². The zero-order valence-corrected chi connectivity index (χ0v) is 20.2. The second-order valence-corrected chi connectivity index (χ2v) is 10.3. The maximum Gasteiger partial charge on any atom is 0.234 e. The molecule has 1 amide bonds. The summed E-state index contributed by atoms with van der Waals surface area (Å²) in [5, 5.41) is 11.9. The molecule has 0 aliphatic heterocycles. The summed E-state index contributed by atoms with van der Waals surface area (Å²) < 4.78 is 27.9. The van der Waals surface area contributed by atoms with Crippen molar-refractivity contribution >= 4 is 39.1 Å². The largest absolute Gasteiger partial charge is 0.325 e. The molecule has 170 valence electrons.